The molecule has 2 rings (SSSR count). The van der Waals surface area contributed by atoms with Crippen molar-refractivity contribution in [2.75, 3.05) is 19.6 Å². The summed E-state index contributed by atoms with van der Waals surface area (Å²) in [6.45, 7) is 7.65. The van der Waals surface area contributed by atoms with E-state index >= 15 is 0 Å². The van der Waals surface area contributed by atoms with E-state index in [-0.39, 0.29) is 0 Å². The fraction of sp³-hybridized carbons (Fsp3) is 1.00. The molecule has 0 radical (unpaired) electrons. The lowest BCUT2D eigenvalue weighted by Gasteiger charge is -2.39. The van der Waals surface area contributed by atoms with Crippen LogP contribution >= 0.6 is 0 Å². The third-order valence-corrected chi connectivity index (χ3v) is 2.35. The standard InChI is InChI=1S/C6H12N2.C2H6/c1-3-7-5-6(1)2-4-8-6;1-2/h7-8H,1-5H2;1-2H3. The molecule has 2 aliphatic rings. The molecule has 2 N–H and O–H groups in total. The minimum Gasteiger partial charge on any atom is -0.315 e. The number of hydrogen-bond donors (Lipinski definition) is 2. The van der Waals surface area contributed by atoms with Crippen LogP contribution in [0.1, 0.15) is 26.7 Å². The van der Waals surface area contributed by atoms with E-state index in [9.17, 15) is 0 Å². The van der Waals surface area contributed by atoms with E-state index in [1.807, 2.05) is 13.8 Å². The molecule has 1 unspecified atom stereocenters. The summed E-state index contributed by atoms with van der Waals surface area (Å²) in [7, 11) is 0. The number of hydrogen-bond acceptors (Lipinski definition) is 2. The molecule has 0 saturated carbocycles. The van der Waals surface area contributed by atoms with Crippen LogP contribution in [-0.2, 0) is 0 Å². The fourth-order valence-corrected chi connectivity index (χ4v) is 1.59. The highest BCUT2D eigenvalue weighted by Gasteiger charge is 2.38. The van der Waals surface area contributed by atoms with Crippen molar-refractivity contribution in [1.29, 1.82) is 0 Å². The Kier molecular flexibility index (Phi) is 2.69. The second-order valence-corrected chi connectivity index (χ2v) is 2.88. The molecule has 10 heavy (non-hydrogen) atoms. The molecule has 60 valence electrons. The zero-order chi connectivity index (χ0) is 7.45. The van der Waals surface area contributed by atoms with Crippen LogP contribution < -0.4 is 10.6 Å². The first-order valence-corrected chi connectivity index (χ1v) is 4.37. The maximum Gasteiger partial charge on any atom is 0.0330 e. The van der Waals surface area contributed by atoms with Gasteiger partial charge in [0.05, 0.1) is 0 Å². The molecule has 2 saturated heterocycles. The van der Waals surface area contributed by atoms with E-state index in [1.54, 1.807) is 0 Å². The van der Waals surface area contributed by atoms with Gasteiger partial charge in [-0.3, -0.25) is 0 Å². The van der Waals surface area contributed by atoms with E-state index in [1.165, 1.54) is 32.5 Å². The highest BCUT2D eigenvalue weighted by molar-refractivity contribution is 5.02. The van der Waals surface area contributed by atoms with Gasteiger partial charge >= 0.3 is 0 Å². The fourth-order valence-electron chi connectivity index (χ4n) is 1.59. The van der Waals surface area contributed by atoms with Crippen molar-refractivity contribution < 1.29 is 0 Å². The maximum atomic E-state index is 3.46. The summed E-state index contributed by atoms with van der Waals surface area (Å²) < 4.78 is 0. The van der Waals surface area contributed by atoms with E-state index < -0.39 is 0 Å². The van der Waals surface area contributed by atoms with Crippen LogP contribution in [-0.4, -0.2) is 25.2 Å². The first-order valence-electron chi connectivity index (χ1n) is 4.37. The van der Waals surface area contributed by atoms with Crippen LogP contribution in [0.4, 0.5) is 0 Å². The lowest BCUT2D eigenvalue weighted by atomic mass is 9.87. The molecule has 2 fully saturated rings. The van der Waals surface area contributed by atoms with Crippen molar-refractivity contribution in [2.45, 2.75) is 32.2 Å². The Hall–Kier alpha value is -0.0800. The topological polar surface area (TPSA) is 24.1 Å². The predicted octanol–water partition coefficient (Wildman–Crippen LogP) is 0.738. The molecule has 2 nitrogen and oxygen atoms in total. The summed E-state index contributed by atoms with van der Waals surface area (Å²) in [5.41, 5.74) is 0.556. The minimum absolute atomic E-state index is 0.556. The van der Waals surface area contributed by atoms with Crippen LogP contribution in [0.15, 0.2) is 0 Å². The van der Waals surface area contributed by atoms with Gasteiger partial charge in [-0.25, -0.2) is 0 Å². The Morgan fingerprint density at radius 3 is 2.00 bits per heavy atom. The monoisotopic (exact) mass is 142 g/mol. The van der Waals surface area contributed by atoms with Gasteiger partial charge < -0.3 is 10.6 Å². The van der Waals surface area contributed by atoms with Crippen molar-refractivity contribution in [2.24, 2.45) is 0 Å². The molecule has 0 aliphatic carbocycles. The Balaban J connectivity index is 0.000000231. The van der Waals surface area contributed by atoms with Crippen LogP contribution in [0.3, 0.4) is 0 Å². The summed E-state index contributed by atoms with van der Waals surface area (Å²) >= 11 is 0. The smallest absolute Gasteiger partial charge is 0.0330 e. The van der Waals surface area contributed by atoms with Gasteiger partial charge in [0.2, 0.25) is 0 Å². The predicted molar refractivity (Wildman–Crippen MR) is 44.2 cm³/mol. The molecule has 0 aromatic rings. The van der Waals surface area contributed by atoms with Gasteiger partial charge in [0.25, 0.3) is 0 Å². The van der Waals surface area contributed by atoms with Gasteiger partial charge in [0, 0.05) is 12.1 Å². The second kappa shape index (κ2) is 3.35. The lowest BCUT2D eigenvalue weighted by molar-refractivity contribution is 0.233. The van der Waals surface area contributed by atoms with Crippen molar-refractivity contribution in [3.8, 4) is 0 Å². The van der Waals surface area contributed by atoms with Crippen LogP contribution in [0.2, 0.25) is 0 Å². The maximum absolute atomic E-state index is 3.46. The van der Waals surface area contributed by atoms with Crippen molar-refractivity contribution in [3.63, 3.8) is 0 Å². The molecular weight excluding hydrogens is 124 g/mol. The first kappa shape index (κ1) is 8.02. The Labute approximate surface area is 63.4 Å². The molecule has 2 heterocycles. The summed E-state index contributed by atoms with van der Waals surface area (Å²) in [4.78, 5) is 0. The Morgan fingerprint density at radius 2 is 1.80 bits per heavy atom. The lowest BCUT2D eigenvalue weighted by Crippen LogP contribution is -2.58. The van der Waals surface area contributed by atoms with Gasteiger partial charge in [-0.1, -0.05) is 13.8 Å². The van der Waals surface area contributed by atoms with Crippen molar-refractivity contribution in [1.82, 2.24) is 10.6 Å². The average molecular weight is 142 g/mol. The SMILES string of the molecule is C1CC2(CCN2)CN1.CC. The third kappa shape index (κ3) is 1.32. The van der Waals surface area contributed by atoms with Gasteiger partial charge in [-0.2, -0.15) is 0 Å². The van der Waals surface area contributed by atoms with E-state index in [0.29, 0.717) is 5.54 Å². The normalized spacial score (nSPS) is 36.6. The summed E-state index contributed by atoms with van der Waals surface area (Å²) in [5.74, 6) is 0. The van der Waals surface area contributed by atoms with E-state index in [2.05, 4.69) is 10.6 Å². The van der Waals surface area contributed by atoms with Crippen LogP contribution in [0.25, 0.3) is 0 Å². The molecule has 0 bridgehead atoms. The largest absolute Gasteiger partial charge is 0.315 e. The zero-order valence-corrected chi connectivity index (χ0v) is 7.04. The molecule has 1 atom stereocenters. The summed E-state index contributed by atoms with van der Waals surface area (Å²) in [6, 6.07) is 0. The molecule has 0 aromatic heterocycles. The van der Waals surface area contributed by atoms with E-state index in [4.69, 9.17) is 0 Å². The summed E-state index contributed by atoms with van der Waals surface area (Å²) in [5, 5.41) is 6.81. The van der Waals surface area contributed by atoms with Gasteiger partial charge in [0.1, 0.15) is 0 Å². The molecule has 1 spiro atoms. The molecule has 0 amide bonds. The highest BCUT2D eigenvalue weighted by atomic mass is 15.1. The van der Waals surface area contributed by atoms with E-state index in [0.717, 1.165) is 0 Å². The molecule has 2 aliphatic heterocycles. The average Bonchev–Trinajstić information content (AvgIpc) is 2.38. The number of nitrogens with one attached hydrogen (secondary N) is 2. The zero-order valence-electron chi connectivity index (χ0n) is 7.04. The molecular formula is C8H18N2. The third-order valence-electron chi connectivity index (χ3n) is 2.35. The highest BCUT2D eigenvalue weighted by Crippen LogP contribution is 2.24. The van der Waals surface area contributed by atoms with Crippen LogP contribution in [0, 0.1) is 0 Å². The quantitative estimate of drug-likeness (QED) is 0.521. The minimum atomic E-state index is 0.556. The number of rotatable bonds is 0. The molecule has 0 aromatic carbocycles. The Morgan fingerprint density at radius 1 is 1.10 bits per heavy atom. The second-order valence-electron chi connectivity index (χ2n) is 2.88. The first-order chi connectivity index (χ1) is 4.91. The van der Waals surface area contributed by atoms with Crippen molar-refractivity contribution in [3.05, 3.63) is 0 Å². The van der Waals surface area contributed by atoms with Gasteiger partial charge in [-0.05, 0) is 25.9 Å². The van der Waals surface area contributed by atoms with Gasteiger partial charge in [0.15, 0.2) is 0 Å². The summed E-state index contributed by atoms with van der Waals surface area (Å²) in [6.07, 6.45) is 2.73. The Bertz CT molecular complexity index is 89.4. The molecule has 2 heteroatoms. The van der Waals surface area contributed by atoms with Gasteiger partial charge in [-0.15, -0.1) is 0 Å². The van der Waals surface area contributed by atoms with Crippen molar-refractivity contribution >= 4 is 0 Å². The van der Waals surface area contributed by atoms with Crippen LogP contribution in [0.5, 0.6) is 0 Å².